The quantitative estimate of drug-likeness (QED) is 0.435. The number of nitrogens with zero attached hydrogens (tertiary/aromatic N) is 4. The Morgan fingerprint density at radius 1 is 1.16 bits per heavy atom. The van der Waals surface area contributed by atoms with Gasteiger partial charge in [-0.05, 0) is 43.9 Å². The number of nitrogens with one attached hydrogen (secondary N) is 1. The molecule has 1 aromatic carbocycles. The molecule has 0 saturated heterocycles. The Kier molecular flexibility index (Phi) is 6.45. The highest BCUT2D eigenvalue weighted by Crippen LogP contribution is 2.33. The van der Waals surface area contributed by atoms with Crippen molar-refractivity contribution in [3.05, 3.63) is 64.6 Å². The van der Waals surface area contributed by atoms with Crippen LogP contribution in [0.5, 0.6) is 11.5 Å². The van der Waals surface area contributed by atoms with Gasteiger partial charge in [0.05, 0.1) is 36.7 Å². The second-order valence-electron chi connectivity index (χ2n) is 7.20. The summed E-state index contributed by atoms with van der Waals surface area (Å²) < 4.78 is 12.9. The largest absolute Gasteiger partial charge is 0.493 e. The summed E-state index contributed by atoms with van der Waals surface area (Å²) in [5.41, 5.74) is 4.33. The zero-order valence-electron chi connectivity index (χ0n) is 18.5. The van der Waals surface area contributed by atoms with Crippen molar-refractivity contribution in [1.29, 1.82) is 0 Å². The summed E-state index contributed by atoms with van der Waals surface area (Å²) in [6, 6.07) is 7.44. The van der Waals surface area contributed by atoms with Gasteiger partial charge in [-0.1, -0.05) is 6.07 Å². The Bertz CT molecular complexity index is 1300. The van der Waals surface area contributed by atoms with Gasteiger partial charge in [-0.15, -0.1) is 0 Å². The van der Waals surface area contributed by atoms with Gasteiger partial charge in [0.25, 0.3) is 0 Å². The van der Waals surface area contributed by atoms with Gasteiger partial charge in [0, 0.05) is 29.9 Å². The first-order valence-corrected chi connectivity index (χ1v) is 11.6. The van der Waals surface area contributed by atoms with E-state index in [1.165, 1.54) is 0 Å². The first kappa shape index (κ1) is 21.9. The van der Waals surface area contributed by atoms with Crippen molar-refractivity contribution in [2.45, 2.75) is 19.9 Å². The number of ether oxygens (including phenoxy) is 2. The zero-order chi connectivity index (χ0) is 22.7. The molecule has 1 unspecified atom stereocenters. The first-order valence-electron chi connectivity index (χ1n) is 10.2. The van der Waals surface area contributed by atoms with Crippen molar-refractivity contribution in [2.75, 3.05) is 25.7 Å². The maximum Gasteiger partial charge on any atom is 0.328 e. The second-order valence-corrected chi connectivity index (χ2v) is 8.11. The fraction of sp³-hybridized carbons (Fsp3) is 0.304. The van der Waals surface area contributed by atoms with Gasteiger partial charge in [0.1, 0.15) is 0 Å². The molecule has 3 aromatic heterocycles. The van der Waals surface area contributed by atoms with E-state index < -0.39 is 0 Å². The van der Waals surface area contributed by atoms with E-state index in [2.05, 4.69) is 19.9 Å². The van der Waals surface area contributed by atoms with E-state index in [0.717, 1.165) is 22.5 Å². The average Bonchev–Trinajstić information content (AvgIpc) is 3.12. The Morgan fingerprint density at radius 2 is 1.97 bits per heavy atom. The van der Waals surface area contributed by atoms with Gasteiger partial charge in [-0.25, -0.2) is 9.78 Å². The van der Waals surface area contributed by atoms with E-state index in [1.807, 2.05) is 44.4 Å². The molecule has 0 bridgehead atoms. The Labute approximate surface area is 190 Å². The van der Waals surface area contributed by atoms with E-state index in [-0.39, 0.29) is 11.7 Å². The predicted octanol–water partition coefficient (Wildman–Crippen LogP) is 3.85. The lowest BCUT2D eigenvalue weighted by Crippen LogP contribution is -2.25. The Morgan fingerprint density at radius 3 is 2.69 bits per heavy atom. The number of hydrogen-bond donors (Lipinski definition) is 1. The number of imidazole rings is 1. The lowest BCUT2D eigenvalue weighted by atomic mass is 10.1. The Hall–Kier alpha value is -3.33. The van der Waals surface area contributed by atoms with Crippen molar-refractivity contribution in [3.63, 3.8) is 0 Å². The van der Waals surface area contributed by atoms with Crippen LogP contribution in [0.3, 0.4) is 0 Å². The molecule has 0 aliphatic carbocycles. The number of aryl methyl sites for hydroxylation is 1. The number of fused-ring (bicyclic) bond motifs is 1. The van der Waals surface area contributed by atoms with Crippen LogP contribution in [0.2, 0.25) is 0 Å². The lowest BCUT2D eigenvalue weighted by molar-refractivity contribution is 0.310. The van der Waals surface area contributed by atoms with E-state index in [9.17, 15) is 4.79 Å². The second kappa shape index (κ2) is 9.44. The summed E-state index contributed by atoms with van der Waals surface area (Å²) >= 11 is 1.66. The average molecular weight is 452 g/mol. The molecule has 4 rings (SSSR count). The van der Waals surface area contributed by atoms with Crippen LogP contribution in [0.1, 0.15) is 24.2 Å². The lowest BCUT2D eigenvalue weighted by Gasteiger charge is -2.20. The van der Waals surface area contributed by atoms with Gasteiger partial charge >= 0.3 is 5.69 Å². The highest BCUT2D eigenvalue weighted by atomic mass is 32.2. The molecular weight excluding hydrogens is 426 g/mol. The van der Waals surface area contributed by atoms with E-state index in [1.54, 1.807) is 42.0 Å². The molecule has 0 radical (unpaired) electrons. The molecule has 0 aliphatic rings. The van der Waals surface area contributed by atoms with Crippen LogP contribution in [0.25, 0.3) is 22.4 Å². The molecule has 0 saturated carbocycles. The smallest absolute Gasteiger partial charge is 0.328 e. The topological polar surface area (TPSA) is 94.9 Å². The van der Waals surface area contributed by atoms with E-state index >= 15 is 0 Å². The van der Waals surface area contributed by atoms with Gasteiger partial charge in [0.15, 0.2) is 17.1 Å². The highest BCUT2D eigenvalue weighted by molar-refractivity contribution is 7.98. The molecule has 1 N–H and O–H groups in total. The van der Waals surface area contributed by atoms with E-state index in [0.29, 0.717) is 35.0 Å². The molecular formula is C23H25N5O3S. The van der Waals surface area contributed by atoms with Crippen molar-refractivity contribution in [1.82, 2.24) is 24.5 Å². The van der Waals surface area contributed by atoms with Crippen LogP contribution >= 0.6 is 11.8 Å². The van der Waals surface area contributed by atoms with Gasteiger partial charge in [-0.3, -0.25) is 14.5 Å². The normalized spacial score (nSPS) is 12.1. The minimum Gasteiger partial charge on any atom is -0.493 e. The monoisotopic (exact) mass is 451 g/mol. The molecule has 1 atom stereocenters. The molecule has 0 aliphatic heterocycles. The van der Waals surface area contributed by atoms with Crippen molar-refractivity contribution >= 4 is 22.9 Å². The number of methoxy groups -OCH3 is 1. The molecule has 4 aromatic rings. The minimum atomic E-state index is -0.229. The summed E-state index contributed by atoms with van der Waals surface area (Å²) in [6.07, 6.45) is 7.05. The number of thioether (sulfide) groups is 1. The molecule has 0 amide bonds. The fourth-order valence-corrected chi connectivity index (χ4v) is 4.43. The summed E-state index contributed by atoms with van der Waals surface area (Å²) in [6.45, 7) is 4.34. The molecule has 3 heterocycles. The van der Waals surface area contributed by atoms with E-state index in [4.69, 9.17) is 9.47 Å². The highest BCUT2D eigenvalue weighted by Gasteiger charge is 2.22. The maximum absolute atomic E-state index is 13.1. The summed E-state index contributed by atoms with van der Waals surface area (Å²) in [5.74, 6) is 2.00. The third-order valence-corrected chi connectivity index (χ3v) is 5.87. The molecule has 0 spiro atoms. The van der Waals surface area contributed by atoms with Crippen LogP contribution in [0, 0.1) is 6.92 Å². The molecule has 0 fully saturated rings. The summed E-state index contributed by atoms with van der Waals surface area (Å²) in [7, 11) is 1.61. The Balaban J connectivity index is 1.83. The number of hydrogen-bond acceptors (Lipinski definition) is 7. The predicted molar refractivity (Wildman–Crippen MR) is 127 cm³/mol. The van der Waals surface area contributed by atoms with Gasteiger partial charge < -0.3 is 14.5 Å². The SMILES string of the molecule is CCOc1cc(C(CSC)n2c(=O)[nH]c3cc(-c4nccnc4C)cnc32)ccc1OC. The van der Waals surface area contributed by atoms with Gasteiger partial charge in [-0.2, -0.15) is 11.8 Å². The number of aromatic amines is 1. The van der Waals surface area contributed by atoms with Crippen molar-refractivity contribution in [3.8, 4) is 22.8 Å². The van der Waals surface area contributed by atoms with Crippen LogP contribution in [0.4, 0.5) is 0 Å². The number of aromatic nitrogens is 5. The number of pyridine rings is 1. The van der Waals surface area contributed by atoms with Crippen molar-refractivity contribution in [2.24, 2.45) is 0 Å². The van der Waals surface area contributed by atoms with Crippen LogP contribution in [-0.4, -0.2) is 50.2 Å². The number of benzene rings is 1. The molecule has 9 heteroatoms. The summed E-state index contributed by atoms with van der Waals surface area (Å²) in [4.78, 5) is 29.4. The fourth-order valence-electron chi connectivity index (χ4n) is 3.77. The maximum atomic E-state index is 13.1. The number of H-pyrrole nitrogens is 1. The zero-order valence-corrected chi connectivity index (χ0v) is 19.3. The van der Waals surface area contributed by atoms with Gasteiger partial charge in [0.2, 0.25) is 0 Å². The summed E-state index contributed by atoms with van der Waals surface area (Å²) in [5, 5.41) is 0. The third kappa shape index (κ3) is 4.08. The van der Waals surface area contributed by atoms with Crippen LogP contribution < -0.4 is 15.2 Å². The standard InChI is InChI=1S/C23H25N5O3S/c1-5-31-20-11-15(6-7-19(20)30-3)18(13-32-4)28-22-17(27-23(28)29)10-16(12-26-22)21-14(2)24-8-9-25-21/h6-12,18H,5,13H2,1-4H3,(H,27,29). The number of rotatable bonds is 8. The first-order chi connectivity index (χ1) is 15.6. The molecule has 32 heavy (non-hydrogen) atoms. The molecule has 166 valence electrons. The molecule has 8 nitrogen and oxygen atoms in total. The third-order valence-electron chi connectivity index (χ3n) is 5.22. The van der Waals surface area contributed by atoms with Crippen molar-refractivity contribution < 1.29 is 9.47 Å². The minimum absolute atomic E-state index is 0.214. The van der Waals surface area contributed by atoms with Crippen LogP contribution in [0.15, 0.2) is 47.7 Å². The van der Waals surface area contributed by atoms with Crippen LogP contribution in [-0.2, 0) is 0 Å².